The van der Waals surface area contributed by atoms with E-state index in [0.29, 0.717) is 18.5 Å². The largest absolute Gasteiger partial charge is 0.392 e. The average molecular weight is 280 g/mol. The highest BCUT2D eigenvalue weighted by molar-refractivity contribution is 5.94. The zero-order chi connectivity index (χ0) is 14.5. The van der Waals surface area contributed by atoms with Crippen molar-refractivity contribution in [1.29, 1.82) is 0 Å². The molecule has 1 aromatic rings. The molecule has 2 amide bonds. The van der Waals surface area contributed by atoms with Crippen molar-refractivity contribution in [2.45, 2.75) is 25.4 Å². The monoisotopic (exact) mass is 280 g/mol. The molecule has 0 heterocycles. The van der Waals surface area contributed by atoms with E-state index in [1.807, 2.05) is 0 Å². The predicted molar refractivity (Wildman–Crippen MR) is 71.4 cm³/mol. The van der Waals surface area contributed by atoms with E-state index >= 15 is 0 Å². The van der Waals surface area contributed by atoms with E-state index in [4.69, 9.17) is 0 Å². The molecule has 0 bridgehead atoms. The molecule has 1 aromatic carbocycles. The van der Waals surface area contributed by atoms with Gasteiger partial charge in [-0.2, -0.15) is 0 Å². The van der Waals surface area contributed by atoms with Crippen molar-refractivity contribution >= 4 is 17.5 Å². The minimum Gasteiger partial charge on any atom is -0.392 e. The number of anilines is 1. The van der Waals surface area contributed by atoms with Crippen molar-refractivity contribution in [3.63, 3.8) is 0 Å². The van der Waals surface area contributed by atoms with Crippen LogP contribution in [-0.4, -0.2) is 29.6 Å². The lowest BCUT2D eigenvalue weighted by Gasteiger charge is -2.14. The summed E-state index contributed by atoms with van der Waals surface area (Å²) in [6, 6.07) is 5.52. The first kappa shape index (κ1) is 14.5. The summed E-state index contributed by atoms with van der Waals surface area (Å²) >= 11 is 0. The molecule has 2 rings (SSSR count). The number of hydrogen-bond donors (Lipinski definition) is 3. The van der Waals surface area contributed by atoms with Crippen LogP contribution < -0.4 is 10.6 Å². The van der Waals surface area contributed by atoms with E-state index in [1.165, 1.54) is 18.2 Å². The summed E-state index contributed by atoms with van der Waals surface area (Å²) in [7, 11) is 0. The number of amides is 2. The van der Waals surface area contributed by atoms with Crippen LogP contribution in [0, 0.1) is 11.7 Å². The fourth-order valence-corrected chi connectivity index (χ4v) is 2.32. The highest BCUT2D eigenvalue weighted by Gasteiger charge is 2.31. The van der Waals surface area contributed by atoms with Crippen LogP contribution in [0.5, 0.6) is 0 Å². The quantitative estimate of drug-likeness (QED) is 0.771. The maximum Gasteiger partial charge on any atom is 0.243 e. The second kappa shape index (κ2) is 6.47. The number of halogens is 1. The molecule has 0 radical (unpaired) electrons. The van der Waals surface area contributed by atoms with Crippen LogP contribution >= 0.6 is 0 Å². The predicted octanol–water partition coefficient (Wildman–Crippen LogP) is 1.04. The fourth-order valence-electron chi connectivity index (χ4n) is 2.32. The molecule has 0 saturated heterocycles. The molecular weight excluding hydrogens is 263 g/mol. The van der Waals surface area contributed by atoms with Gasteiger partial charge in [-0.25, -0.2) is 4.39 Å². The molecule has 2 unspecified atom stereocenters. The Morgan fingerprint density at radius 3 is 2.80 bits per heavy atom. The van der Waals surface area contributed by atoms with E-state index in [9.17, 15) is 19.1 Å². The van der Waals surface area contributed by atoms with Gasteiger partial charge in [0, 0.05) is 5.69 Å². The van der Waals surface area contributed by atoms with Gasteiger partial charge in [0.05, 0.1) is 18.6 Å². The Bertz CT molecular complexity index is 507. The van der Waals surface area contributed by atoms with Crippen molar-refractivity contribution in [3.8, 4) is 0 Å². The molecule has 20 heavy (non-hydrogen) atoms. The van der Waals surface area contributed by atoms with Gasteiger partial charge in [0.15, 0.2) is 0 Å². The lowest BCUT2D eigenvalue weighted by Crippen LogP contribution is -2.39. The molecule has 1 aliphatic rings. The highest BCUT2D eigenvalue weighted by Crippen LogP contribution is 2.25. The first-order valence-corrected chi connectivity index (χ1v) is 6.57. The molecule has 0 aliphatic heterocycles. The summed E-state index contributed by atoms with van der Waals surface area (Å²) in [5.41, 5.74) is 0.338. The zero-order valence-electron chi connectivity index (χ0n) is 10.9. The number of aliphatic hydroxyl groups is 1. The van der Waals surface area contributed by atoms with E-state index in [1.54, 1.807) is 6.07 Å². The normalized spacial score (nSPS) is 21.5. The van der Waals surface area contributed by atoms with Crippen molar-refractivity contribution < 1.29 is 19.1 Å². The lowest BCUT2D eigenvalue weighted by molar-refractivity contribution is -0.129. The van der Waals surface area contributed by atoms with Crippen LogP contribution in [0.15, 0.2) is 24.3 Å². The number of hydrogen-bond acceptors (Lipinski definition) is 3. The SMILES string of the molecule is O=C(CNC(=O)C1CCCC1O)Nc1cccc(F)c1. The first-order chi connectivity index (χ1) is 9.56. The van der Waals surface area contributed by atoms with E-state index in [2.05, 4.69) is 10.6 Å². The second-order valence-corrected chi connectivity index (χ2v) is 4.88. The molecule has 6 heteroatoms. The molecule has 5 nitrogen and oxygen atoms in total. The molecule has 0 aromatic heterocycles. The molecule has 1 saturated carbocycles. The Morgan fingerprint density at radius 2 is 2.15 bits per heavy atom. The van der Waals surface area contributed by atoms with Gasteiger partial charge in [0.1, 0.15) is 5.82 Å². The summed E-state index contributed by atoms with van der Waals surface area (Å²) in [5, 5.41) is 14.6. The highest BCUT2D eigenvalue weighted by atomic mass is 19.1. The Hall–Kier alpha value is -1.95. The van der Waals surface area contributed by atoms with Gasteiger partial charge in [-0.3, -0.25) is 9.59 Å². The van der Waals surface area contributed by atoms with E-state index in [0.717, 1.165) is 6.42 Å². The number of carbonyl (C=O) groups is 2. The van der Waals surface area contributed by atoms with E-state index < -0.39 is 23.7 Å². The van der Waals surface area contributed by atoms with Crippen LogP contribution in [0.4, 0.5) is 10.1 Å². The van der Waals surface area contributed by atoms with Gasteiger partial charge in [-0.05, 0) is 37.5 Å². The van der Waals surface area contributed by atoms with Crippen LogP contribution in [-0.2, 0) is 9.59 Å². The van der Waals surface area contributed by atoms with Crippen molar-refractivity contribution in [3.05, 3.63) is 30.1 Å². The van der Waals surface area contributed by atoms with Crippen molar-refractivity contribution in [2.24, 2.45) is 5.92 Å². The van der Waals surface area contributed by atoms with Gasteiger partial charge >= 0.3 is 0 Å². The molecule has 1 fully saturated rings. The average Bonchev–Trinajstić information content (AvgIpc) is 2.82. The van der Waals surface area contributed by atoms with Crippen LogP contribution in [0.2, 0.25) is 0 Å². The Kier molecular flexibility index (Phi) is 4.68. The van der Waals surface area contributed by atoms with Gasteiger partial charge in [-0.15, -0.1) is 0 Å². The first-order valence-electron chi connectivity index (χ1n) is 6.57. The number of rotatable bonds is 4. The lowest BCUT2D eigenvalue weighted by atomic mass is 10.1. The maximum absolute atomic E-state index is 12.9. The van der Waals surface area contributed by atoms with Gasteiger partial charge in [-0.1, -0.05) is 6.07 Å². The van der Waals surface area contributed by atoms with E-state index in [-0.39, 0.29) is 12.5 Å². The minimum absolute atomic E-state index is 0.196. The third kappa shape index (κ3) is 3.77. The Morgan fingerprint density at radius 1 is 1.35 bits per heavy atom. The summed E-state index contributed by atoms with van der Waals surface area (Å²) in [5.74, 6) is -1.63. The number of aliphatic hydroxyl groups excluding tert-OH is 1. The summed E-state index contributed by atoms with van der Waals surface area (Å²) in [6.45, 7) is -0.196. The standard InChI is InChI=1S/C14H17FN2O3/c15-9-3-1-4-10(7-9)17-13(19)8-16-14(20)11-5-2-6-12(11)18/h1,3-4,7,11-12,18H,2,5-6,8H2,(H,16,20)(H,17,19). The van der Waals surface area contributed by atoms with Gasteiger partial charge < -0.3 is 15.7 Å². The molecule has 2 atom stereocenters. The van der Waals surface area contributed by atoms with Gasteiger partial charge in [0.2, 0.25) is 11.8 Å². The smallest absolute Gasteiger partial charge is 0.243 e. The third-order valence-corrected chi connectivity index (χ3v) is 3.35. The second-order valence-electron chi connectivity index (χ2n) is 4.88. The fraction of sp³-hybridized carbons (Fsp3) is 0.429. The summed E-state index contributed by atoms with van der Waals surface area (Å²) < 4.78 is 12.9. The minimum atomic E-state index is -0.624. The van der Waals surface area contributed by atoms with Crippen LogP contribution in [0.1, 0.15) is 19.3 Å². The molecule has 1 aliphatic carbocycles. The number of benzene rings is 1. The number of nitrogens with one attached hydrogen (secondary N) is 2. The molecule has 3 N–H and O–H groups in total. The van der Waals surface area contributed by atoms with Crippen LogP contribution in [0.25, 0.3) is 0 Å². The molecule has 108 valence electrons. The summed E-state index contributed by atoms with van der Waals surface area (Å²) in [6.07, 6.45) is 1.45. The number of carbonyl (C=O) groups excluding carboxylic acids is 2. The molecule has 0 spiro atoms. The summed E-state index contributed by atoms with van der Waals surface area (Å²) in [4.78, 5) is 23.4. The van der Waals surface area contributed by atoms with Crippen LogP contribution in [0.3, 0.4) is 0 Å². The maximum atomic E-state index is 12.9. The molecular formula is C14H17FN2O3. The third-order valence-electron chi connectivity index (χ3n) is 3.35. The topological polar surface area (TPSA) is 78.4 Å². The van der Waals surface area contributed by atoms with Crippen molar-refractivity contribution in [2.75, 3.05) is 11.9 Å². The zero-order valence-corrected chi connectivity index (χ0v) is 10.9. The van der Waals surface area contributed by atoms with Crippen molar-refractivity contribution in [1.82, 2.24) is 5.32 Å². The van der Waals surface area contributed by atoms with Gasteiger partial charge in [0.25, 0.3) is 0 Å². The Balaban J connectivity index is 1.79. The Labute approximate surface area is 116 Å².